The van der Waals surface area contributed by atoms with Gasteiger partial charge >= 0.3 is 6.03 Å². The molecule has 4 rings (SSSR count). The molecule has 1 aromatic heterocycles. The molecule has 1 fully saturated rings. The van der Waals surface area contributed by atoms with Crippen molar-refractivity contribution in [1.82, 2.24) is 10.2 Å². The normalized spacial score (nSPS) is 21.7. The van der Waals surface area contributed by atoms with Gasteiger partial charge in [-0.1, -0.05) is 15.9 Å². The standard InChI is InChI=1S/C18H16BrN3O3S/c19-11-3-5-12(6-4-11)20-15(23)10-22-16(24)18(21-17(22)25)8-1-2-14-13(18)7-9-26-14/h3-7,9H,1-2,8,10H2,(H,20,23)(H,21,25). The van der Waals surface area contributed by atoms with Crippen LogP contribution in [0.4, 0.5) is 10.5 Å². The monoisotopic (exact) mass is 433 g/mol. The molecule has 8 heteroatoms. The SMILES string of the molecule is O=C(CN1C(=O)NC2(CCCc3sccc32)C1=O)Nc1ccc(Br)cc1. The van der Waals surface area contributed by atoms with Crippen LogP contribution in [0.15, 0.2) is 40.2 Å². The molecule has 2 N–H and O–H groups in total. The quantitative estimate of drug-likeness (QED) is 0.729. The Labute approximate surface area is 162 Å². The Balaban J connectivity index is 1.52. The molecule has 0 radical (unpaired) electrons. The van der Waals surface area contributed by atoms with Crippen molar-refractivity contribution in [3.05, 3.63) is 50.6 Å². The number of carbonyl (C=O) groups excluding carboxylic acids is 3. The van der Waals surface area contributed by atoms with Crippen LogP contribution in [0.25, 0.3) is 0 Å². The van der Waals surface area contributed by atoms with E-state index in [1.807, 2.05) is 11.4 Å². The first-order chi connectivity index (χ1) is 12.5. The Morgan fingerprint density at radius 3 is 2.81 bits per heavy atom. The van der Waals surface area contributed by atoms with Crippen molar-refractivity contribution < 1.29 is 14.4 Å². The number of thiophene rings is 1. The van der Waals surface area contributed by atoms with Crippen molar-refractivity contribution in [1.29, 1.82) is 0 Å². The Kier molecular flexibility index (Phi) is 4.32. The number of halogens is 1. The molecule has 0 saturated carbocycles. The Morgan fingerprint density at radius 1 is 1.27 bits per heavy atom. The van der Waals surface area contributed by atoms with Crippen molar-refractivity contribution in [3.63, 3.8) is 0 Å². The molecule has 1 spiro atoms. The van der Waals surface area contributed by atoms with Gasteiger partial charge in [-0.2, -0.15) is 0 Å². The number of anilines is 1. The van der Waals surface area contributed by atoms with E-state index in [1.165, 1.54) is 0 Å². The van der Waals surface area contributed by atoms with Crippen molar-refractivity contribution >= 4 is 50.8 Å². The van der Waals surface area contributed by atoms with Crippen molar-refractivity contribution in [2.75, 3.05) is 11.9 Å². The molecular formula is C18H16BrN3O3S. The predicted octanol–water partition coefficient (Wildman–Crippen LogP) is 3.23. The summed E-state index contributed by atoms with van der Waals surface area (Å²) in [4.78, 5) is 39.9. The molecule has 134 valence electrons. The van der Waals surface area contributed by atoms with Crippen molar-refractivity contribution in [3.8, 4) is 0 Å². The van der Waals surface area contributed by atoms with Crippen LogP contribution in [0.1, 0.15) is 23.3 Å². The van der Waals surface area contributed by atoms with Crippen molar-refractivity contribution in [2.45, 2.75) is 24.8 Å². The summed E-state index contributed by atoms with van der Waals surface area (Å²) in [7, 11) is 0. The Bertz CT molecular complexity index is 895. The summed E-state index contributed by atoms with van der Waals surface area (Å²) in [5.41, 5.74) is 0.475. The van der Waals surface area contributed by atoms with E-state index in [9.17, 15) is 14.4 Å². The molecule has 1 aliphatic heterocycles. The topological polar surface area (TPSA) is 78.5 Å². The second-order valence-corrected chi connectivity index (χ2v) is 8.31. The summed E-state index contributed by atoms with van der Waals surface area (Å²) in [6.45, 7) is -0.304. The molecule has 26 heavy (non-hydrogen) atoms. The van der Waals surface area contributed by atoms with E-state index in [4.69, 9.17) is 0 Å². The Morgan fingerprint density at radius 2 is 2.04 bits per heavy atom. The second-order valence-electron chi connectivity index (χ2n) is 6.39. The Hall–Kier alpha value is -2.19. The van der Waals surface area contributed by atoms with Crippen LogP contribution < -0.4 is 10.6 Å². The number of aryl methyl sites for hydroxylation is 1. The van der Waals surface area contributed by atoms with E-state index < -0.39 is 17.5 Å². The minimum Gasteiger partial charge on any atom is -0.325 e. The molecule has 2 aliphatic rings. The first-order valence-electron chi connectivity index (χ1n) is 8.26. The maximum atomic E-state index is 13.0. The largest absolute Gasteiger partial charge is 0.325 e. The number of nitrogens with one attached hydrogen (secondary N) is 2. The lowest BCUT2D eigenvalue weighted by Gasteiger charge is -2.31. The molecule has 1 atom stereocenters. The van der Waals surface area contributed by atoms with E-state index >= 15 is 0 Å². The summed E-state index contributed by atoms with van der Waals surface area (Å²) in [5, 5.41) is 7.50. The van der Waals surface area contributed by atoms with E-state index in [0.717, 1.165) is 32.7 Å². The fourth-order valence-electron chi connectivity index (χ4n) is 3.56. The highest BCUT2D eigenvalue weighted by Crippen LogP contribution is 2.42. The predicted molar refractivity (Wildman–Crippen MR) is 102 cm³/mol. The molecule has 4 amide bonds. The zero-order chi connectivity index (χ0) is 18.3. The number of imide groups is 1. The van der Waals surface area contributed by atoms with Crippen LogP contribution in [-0.4, -0.2) is 29.3 Å². The van der Waals surface area contributed by atoms with Crippen LogP contribution in [0.3, 0.4) is 0 Å². The third kappa shape index (κ3) is 2.83. The van der Waals surface area contributed by atoms with E-state index in [0.29, 0.717) is 12.1 Å². The number of hydrogen-bond donors (Lipinski definition) is 2. The summed E-state index contributed by atoms with van der Waals surface area (Å²) >= 11 is 4.93. The first-order valence-corrected chi connectivity index (χ1v) is 9.93. The van der Waals surface area contributed by atoms with Gasteiger partial charge in [0.25, 0.3) is 5.91 Å². The van der Waals surface area contributed by atoms with Gasteiger partial charge < -0.3 is 10.6 Å². The lowest BCUT2D eigenvalue weighted by atomic mass is 9.80. The number of urea groups is 1. The number of carbonyl (C=O) groups is 3. The van der Waals surface area contributed by atoms with Gasteiger partial charge in [0.1, 0.15) is 12.1 Å². The highest BCUT2D eigenvalue weighted by Gasteiger charge is 2.54. The van der Waals surface area contributed by atoms with Gasteiger partial charge in [0, 0.05) is 20.6 Å². The number of benzene rings is 1. The summed E-state index contributed by atoms with van der Waals surface area (Å²) in [6.07, 6.45) is 2.31. The number of nitrogens with zero attached hydrogens (tertiary/aromatic N) is 1. The second kappa shape index (κ2) is 6.51. The third-order valence-electron chi connectivity index (χ3n) is 4.77. The van der Waals surface area contributed by atoms with Gasteiger partial charge in [-0.3, -0.25) is 14.5 Å². The smallest absolute Gasteiger partial charge is 0.325 e. The number of fused-ring (bicyclic) bond motifs is 2. The van der Waals surface area contributed by atoms with Crippen LogP contribution in [0.2, 0.25) is 0 Å². The van der Waals surface area contributed by atoms with Crippen molar-refractivity contribution in [2.24, 2.45) is 0 Å². The lowest BCUT2D eigenvalue weighted by Crippen LogP contribution is -2.46. The average Bonchev–Trinajstić information content (AvgIpc) is 3.18. The van der Waals surface area contributed by atoms with Crippen LogP contribution >= 0.6 is 27.3 Å². The average molecular weight is 434 g/mol. The molecule has 1 saturated heterocycles. The van der Waals surface area contributed by atoms with E-state index in [2.05, 4.69) is 26.6 Å². The van der Waals surface area contributed by atoms with Crippen LogP contribution in [0, 0.1) is 0 Å². The molecule has 6 nitrogen and oxygen atoms in total. The first kappa shape index (κ1) is 17.2. The number of hydrogen-bond acceptors (Lipinski definition) is 4. The van der Waals surface area contributed by atoms with Crippen LogP contribution in [0.5, 0.6) is 0 Å². The highest BCUT2D eigenvalue weighted by atomic mass is 79.9. The van der Waals surface area contributed by atoms with E-state index in [1.54, 1.807) is 35.6 Å². The summed E-state index contributed by atoms with van der Waals surface area (Å²) in [6, 6.07) is 8.49. The molecular weight excluding hydrogens is 418 g/mol. The fourth-order valence-corrected chi connectivity index (χ4v) is 4.83. The lowest BCUT2D eigenvalue weighted by molar-refractivity contribution is -0.134. The van der Waals surface area contributed by atoms with E-state index in [-0.39, 0.29) is 12.5 Å². The molecule has 2 heterocycles. The van der Waals surface area contributed by atoms with Gasteiger partial charge in [-0.25, -0.2) is 4.79 Å². The maximum Gasteiger partial charge on any atom is 0.325 e. The molecule has 0 bridgehead atoms. The molecule has 1 aliphatic carbocycles. The minimum atomic E-state index is -1.01. The highest BCUT2D eigenvalue weighted by molar-refractivity contribution is 9.10. The van der Waals surface area contributed by atoms with Gasteiger partial charge in [0.2, 0.25) is 5.91 Å². The maximum absolute atomic E-state index is 13.0. The molecule has 2 aromatic rings. The fraction of sp³-hybridized carbons (Fsp3) is 0.278. The summed E-state index contributed by atoms with van der Waals surface area (Å²) < 4.78 is 0.899. The minimum absolute atomic E-state index is 0.304. The molecule has 1 aromatic carbocycles. The van der Waals surface area contributed by atoms with Gasteiger partial charge in [0.15, 0.2) is 0 Å². The number of rotatable bonds is 3. The number of amides is 4. The van der Waals surface area contributed by atoms with Gasteiger partial charge in [-0.15, -0.1) is 11.3 Å². The molecule has 1 unspecified atom stereocenters. The zero-order valence-electron chi connectivity index (χ0n) is 13.8. The van der Waals surface area contributed by atoms with Crippen LogP contribution in [-0.2, 0) is 21.5 Å². The van der Waals surface area contributed by atoms with Gasteiger partial charge in [0.05, 0.1) is 0 Å². The third-order valence-corrected chi connectivity index (χ3v) is 6.28. The van der Waals surface area contributed by atoms with Gasteiger partial charge in [-0.05, 0) is 55.0 Å². The summed E-state index contributed by atoms with van der Waals surface area (Å²) in [5.74, 6) is -0.748. The zero-order valence-corrected chi connectivity index (χ0v) is 16.2.